The van der Waals surface area contributed by atoms with Crippen LogP contribution in [0, 0.1) is 0 Å². The first-order chi connectivity index (χ1) is 7.25. The van der Waals surface area contributed by atoms with Gasteiger partial charge in [0.05, 0.1) is 17.9 Å². The Kier molecular flexibility index (Phi) is 3.16. The summed E-state index contributed by atoms with van der Waals surface area (Å²) in [5.41, 5.74) is 0.704. The number of hydrogen-bond donors (Lipinski definition) is 0. The number of ether oxygens (including phenoxy) is 1. The van der Waals surface area contributed by atoms with E-state index in [1.807, 2.05) is 7.05 Å². The molecule has 0 bridgehead atoms. The van der Waals surface area contributed by atoms with Crippen molar-refractivity contribution in [1.82, 2.24) is 9.78 Å². The van der Waals surface area contributed by atoms with Crippen LogP contribution in [-0.2, 0) is 11.8 Å². The van der Waals surface area contributed by atoms with Gasteiger partial charge in [-0.3, -0.25) is 9.48 Å². The molecule has 0 radical (unpaired) electrons. The van der Waals surface area contributed by atoms with Crippen LogP contribution < -0.4 is 0 Å². The molecule has 0 N–H and O–H groups in total. The van der Waals surface area contributed by atoms with Crippen molar-refractivity contribution in [2.75, 3.05) is 6.61 Å². The van der Waals surface area contributed by atoms with Crippen LogP contribution in [0.25, 0.3) is 0 Å². The summed E-state index contributed by atoms with van der Waals surface area (Å²) in [7, 11) is 1.82. The Balaban J connectivity index is 1.81. The lowest BCUT2D eigenvalue weighted by atomic mass is 10.1. The van der Waals surface area contributed by atoms with Crippen LogP contribution in [0.15, 0.2) is 12.4 Å². The number of Topliss-reactive ketones (excluding diaryl/α,β-unsaturated/α-hetero) is 1. The number of ketones is 1. The molecule has 4 nitrogen and oxygen atoms in total. The first kappa shape index (κ1) is 10.4. The van der Waals surface area contributed by atoms with Crippen molar-refractivity contribution in [2.45, 2.75) is 31.8 Å². The van der Waals surface area contributed by atoms with E-state index in [4.69, 9.17) is 4.74 Å². The zero-order chi connectivity index (χ0) is 10.7. The molecule has 0 aliphatic carbocycles. The normalized spacial score (nSPS) is 20.7. The summed E-state index contributed by atoms with van der Waals surface area (Å²) in [6.45, 7) is 0.853. The summed E-state index contributed by atoms with van der Waals surface area (Å²) in [4.78, 5) is 11.7. The van der Waals surface area contributed by atoms with E-state index in [1.165, 1.54) is 0 Å². The number of carbonyl (C=O) groups excluding carboxylic acids is 1. The molecule has 82 valence electrons. The molecular weight excluding hydrogens is 192 g/mol. The highest BCUT2D eigenvalue weighted by atomic mass is 16.5. The van der Waals surface area contributed by atoms with Crippen LogP contribution in [0.4, 0.5) is 0 Å². The predicted octanol–water partition coefficient (Wildman–Crippen LogP) is 1.56. The minimum atomic E-state index is 0.165. The minimum Gasteiger partial charge on any atom is -0.378 e. The smallest absolute Gasteiger partial charge is 0.166 e. The van der Waals surface area contributed by atoms with Crippen LogP contribution >= 0.6 is 0 Å². The highest BCUT2D eigenvalue weighted by Gasteiger charge is 2.17. The molecule has 0 spiro atoms. The van der Waals surface area contributed by atoms with Gasteiger partial charge < -0.3 is 4.74 Å². The van der Waals surface area contributed by atoms with Gasteiger partial charge in [-0.1, -0.05) is 0 Å². The van der Waals surface area contributed by atoms with Gasteiger partial charge in [-0.05, 0) is 19.3 Å². The van der Waals surface area contributed by atoms with Crippen molar-refractivity contribution >= 4 is 5.78 Å². The number of hydrogen-bond acceptors (Lipinski definition) is 3. The van der Waals surface area contributed by atoms with Crippen molar-refractivity contribution < 1.29 is 9.53 Å². The summed E-state index contributed by atoms with van der Waals surface area (Å²) in [5, 5.41) is 3.98. The topological polar surface area (TPSA) is 44.1 Å². The van der Waals surface area contributed by atoms with Crippen molar-refractivity contribution in [3.05, 3.63) is 18.0 Å². The molecule has 0 aromatic carbocycles. The number of carbonyl (C=O) groups is 1. The van der Waals surface area contributed by atoms with Crippen LogP contribution in [0.3, 0.4) is 0 Å². The fourth-order valence-corrected chi connectivity index (χ4v) is 1.87. The third kappa shape index (κ3) is 2.65. The maximum atomic E-state index is 11.7. The van der Waals surface area contributed by atoms with Crippen molar-refractivity contribution in [3.8, 4) is 0 Å². The number of aryl methyl sites for hydroxylation is 1. The predicted molar refractivity (Wildman–Crippen MR) is 55.7 cm³/mol. The molecule has 1 aliphatic heterocycles. The van der Waals surface area contributed by atoms with Gasteiger partial charge in [-0.2, -0.15) is 5.10 Å². The molecule has 15 heavy (non-hydrogen) atoms. The molecule has 4 heteroatoms. The Bertz CT molecular complexity index is 340. The lowest BCUT2D eigenvalue weighted by Gasteiger charge is -2.06. The van der Waals surface area contributed by atoms with Gasteiger partial charge in [0.15, 0.2) is 5.78 Å². The monoisotopic (exact) mass is 208 g/mol. The van der Waals surface area contributed by atoms with Gasteiger partial charge in [-0.15, -0.1) is 0 Å². The zero-order valence-corrected chi connectivity index (χ0v) is 8.98. The van der Waals surface area contributed by atoms with E-state index in [-0.39, 0.29) is 5.78 Å². The van der Waals surface area contributed by atoms with Crippen LogP contribution in [0.1, 0.15) is 36.0 Å². The summed E-state index contributed by atoms with van der Waals surface area (Å²) in [6.07, 6.45) is 7.32. The van der Waals surface area contributed by atoms with Crippen molar-refractivity contribution in [3.63, 3.8) is 0 Å². The molecular formula is C11H16N2O2. The summed E-state index contributed by atoms with van der Waals surface area (Å²) in [6, 6.07) is 0. The maximum absolute atomic E-state index is 11.7. The zero-order valence-electron chi connectivity index (χ0n) is 8.98. The fourth-order valence-electron chi connectivity index (χ4n) is 1.87. The van der Waals surface area contributed by atoms with Gasteiger partial charge in [-0.25, -0.2) is 0 Å². The molecule has 1 aromatic heterocycles. The Morgan fingerprint density at radius 3 is 3.20 bits per heavy atom. The second kappa shape index (κ2) is 4.57. The molecule has 1 unspecified atom stereocenters. The van der Waals surface area contributed by atoms with E-state index in [0.29, 0.717) is 18.1 Å². The Hall–Kier alpha value is -1.16. The summed E-state index contributed by atoms with van der Waals surface area (Å²) in [5.74, 6) is 0.165. The molecule has 2 rings (SSSR count). The van der Waals surface area contributed by atoms with Crippen LogP contribution in [0.2, 0.25) is 0 Å². The maximum Gasteiger partial charge on any atom is 0.166 e. The lowest BCUT2D eigenvalue weighted by molar-refractivity contribution is 0.0859. The first-order valence-electron chi connectivity index (χ1n) is 5.39. The fraction of sp³-hybridized carbons (Fsp3) is 0.636. The van der Waals surface area contributed by atoms with Gasteiger partial charge in [0.25, 0.3) is 0 Å². The minimum absolute atomic E-state index is 0.165. The Labute approximate surface area is 89.2 Å². The highest BCUT2D eigenvalue weighted by Crippen LogP contribution is 2.18. The SMILES string of the molecule is Cn1cc(C(=O)CCC2CCCO2)cn1. The largest absolute Gasteiger partial charge is 0.378 e. The van der Waals surface area contributed by atoms with Gasteiger partial charge >= 0.3 is 0 Å². The molecule has 0 amide bonds. The van der Waals surface area contributed by atoms with E-state index in [1.54, 1.807) is 17.1 Å². The average molecular weight is 208 g/mol. The van der Waals surface area contributed by atoms with Gasteiger partial charge in [0.2, 0.25) is 0 Å². The second-order valence-corrected chi connectivity index (χ2v) is 4.00. The summed E-state index contributed by atoms with van der Waals surface area (Å²) >= 11 is 0. The summed E-state index contributed by atoms with van der Waals surface area (Å²) < 4.78 is 7.12. The molecule has 1 atom stereocenters. The van der Waals surface area contributed by atoms with E-state index in [2.05, 4.69) is 5.10 Å². The quantitative estimate of drug-likeness (QED) is 0.705. The molecule has 1 aliphatic rings. The van der Waals surface area contributed by atoms with Gasteiger partial charge in [0.1, 0.15) is 0 Å². The molecule has 1 fully saturated rings. The van der Waals surface area contributed by atoms with E-state index in [9.17, 15) is 4.79 Å². The number of nitrogens with zero attached hydrogens (tertiary/aromatic N) is 2. The van der Waals surface area contributed by atoms with E-state index < -0.39 is 0 Å². The molecule has 2 heterocycles. The van der Waals surface area contributed by atoms with Crippen molar-refractivity contribution in [2.24, 2.45) is 7.05 Å². The van der Waals surface area contributed by atoms with Crippen molar-refractivity contribution in [1.29, 1.82) is 0 Å². The first-order valence-corrected chi connectivity index (χ1v) is 5.39. The van der Waals surface area contributed by atoms with Crippen LogP contribution in [0.5, 0.6) is 0 Å². The van der Waals surface area contributed by atoms with E-state index >= 15 is 0 Å². The molecule has 0 saturated carbocycles. The Morgan fingerprint density at radius 1 is 1.73 bits per heavy atom. The van der Waals surface area contributed by atoms with Crippen LogP contribution in [-0.4, -0.2) is 28.3 Å². The molecule has 1 aromatic rings. The third-order valence-corrected chi connectivity index (χ3v) is 2.74. The third-order valence-electron chi connectivity index (χ3n) is 2.74. The number of aromatic nitrogens is 2. The lowest BCUT2D eigenvalue weighted by Crippen LogP contribution is -2.08. The second-order valence-electron chi connectivity index (χ2n) is 4.00. The van der Waals surface area contributed by atoms with E-state index in [0.717, 1.165) is 25.9 Å². The Morgan fingerprint density at radius 2 is 2.60 bits per heavy atom. The van der Waals surface area contributed by atoms with Gasteiger partial charge in [0, 0.05) is 26.3 Å². The molecule has 1 saturated heterocycles. The standard InChI is InChI=1S/C11H16N2O2/c1-13-8-9(7-12-13)11(14)5-4-10-3-2-6-15-10/h7-8,10H,2-6H2,1H3. The average Bonchev–Trinajstić information content (AvgIpc) is 2.84. The highest BCUT2D eigenvalue weighted by molar-refractivity contribution is 5.95. The number of rotatable bonds is 4.